The van der Waals surface area contributed by atoms with Crippen LogP contribution in [0.4, 0.5) is 14.9 Å². The maximum atomic E-state index is 14.5. The second-order valence-electron chi connectivity index (χ2n) is 7.41. The van der Waals surface area contributed by atoms with E-state index in [0.29, 0.717) is 17.2 Å². The molecule has 1 aliphatic carbocycles. The van der Waals surface area contributed by atoms with Gasteiger partial charge in [0.05, 0.1) is 21.7 Å². The topological polar surface area (TPSA) is 116 Å². The number of alkyl carbamates (subject to hydrolysis) is 1. The molecule has 0 bridgehead atoms. The minimum atomic E-state index is -0.390. The van der Waals surface area contributed by atoms with Crippen molar-refractivity contribution in [2.75, 3.05) is 0 Å². The number of carbonyl (C=O) groups excluding carboxylic acids is 1. The Hall–Kier alpha value is -2.68. The van der Waals surface area contributed by atoms with Gasteiger partial charge in [-0.25, -0.2) is 19.2 Å². The van der Waals surface area contributed by atoms with E-state index < -0.39 is 0 Å². The predicted octanol–water partition coefficient (Wildman–Crippen LogP) is 4.01. The number of rotatable bonds is 5. The molecule has 2 aromatic rings. The highest BCUT2D eigenvalue weighted by Crippen LogP contribution is 2.38. The van der Waals surface area contributed by atoms with E-state index in [1.54, 1.807) is 18.3 Å². The van der Waals surface area contributed by atoms with E-state index in [1.807, 2.05) is 13.8 Å². The molecule has 29 heavy (non-hydrogen) atoms. The monoisotopic (exact) mass is 419 g/mol. The number of halogens is 1. The third-order valence-corrected chi connectivity index (χ3v) is 5.93. The number of ether oxygens (including phenoxy) is 1. The smallest absolute Gasteiger partial charge is 0.407 e. The molecule has 0 radical (unpaired) electrons. The molecule has 9 heteroatoms. The Morgan fingerprint density at radius 1 is 1.31 bits per heavy atom. The first-order valence-electron chi connectivity index (χ1n) is 9.64. The molecule has 1 heterocycles. The summed E-state index contributed by atoms with van der Waals surface area (Å²) in [6.45, 7) is 3.65. The van der Waals surface area contributed by atoms with E-state index in [2.05, 4.69) is 15.3 Å². The lowest BCUT2D eigenvalue weighted by atomic mass is 9.86. The molecule has 0 aliphatic heterocycles. The van der Waals surface area contributed by atoms with E-state index in [1.165, 1.54) is 17.4 Å². The van der Waals surface area contributed by atoms with Crippen LogP contribution in [-0.4, -0.2) is 29.2 Å². The molecule has 1 aliphatic rings. The zero-order valence-corrected chi connectivity index (χ0v) is 17.3. The molecule has 1 fully saturated rings. The molecule has 0 spiro atoms. The van der Waals surface area contributed by atoms with Gasteiger partial charge in [-0.15, -0.1) is 11.3 Å². The summed E-state index contributed by atoms with van der Waals surface area (Å²) in [7, 11) is 0. The molecule has 0 unspecified atom stereocenters. The van der Waals surface area contributed by atoms with Gasteiger partial charge in [0.25, 0.3) is 0 Å². The summed E-state index contributed by atoms with van der Waals surface area (Å²) in [6, 6.07) is 4.76. The summed E-state index contributed by atoms with van der Waals surface area (Å²) >= 11 is 1.50. The van der Waals surface area contributed by atoms with Crippen LogP contribution in [0.1, 0.15) is 50.5 Å². The fourth-order valence-electron chi connectivity index (χ4n) is 3.42. The molecule has 156 valence electrons. The van der Waals surface area contributed by atoms with Gasteiger partial charge >= 0.3 is 6.09 Å². The van der Waals surface area contributed by atoms with Crippen molar-refractivity contribution in [2.45, 2.75) is 57.6 Å². The average molecular weight is 420 g/mol. The Labute approximate surface area is 173 Å². The second kappa shape index (κ2) is 9.21. The van der Waals surface area contributed by atoms with Crippen molar-refractivity contribution < 1.29 is 13.9 Å². The van der Waals surface area contributed by atoms with Gasteiger partial charge in [-0.05, 0) is 51.7 Å². The molecular weight excluding hydrogens is 393 g/mol. The summed E-state index contributed by atoms with van der Waals surface area (Å²) < 4.78 is 19.6. The highest BCUT2D eigenvalue weighted by molar-refractivity contribution is 7.15. The maximum absolute atomic E-state index is 14.5. The van der Waals surface area contributed by atoms with Crippen molar-refractivity contribution in [1.82, 2.24) is 10.3 Å². The molecule has 1 saturated carbocycles. The van der Waals surface area contributed by atoms with Gasteiger partial charge in [-0.3, -0.25) is 0 Å². The van der Waals surface area contributed by atoms with E-state index in [4.69, 9.17) is 16.2 Å². The van der Waals surface area contributed by atoms with E-state index >= 15 is 0 Å². The Bertz CT molecular complexity index is 887. The van der Waals surface area contributed by atoms with Gasteiger partial charge in [0.2, 0.25) is 0 Å². The minimum Gasteiger partial charge on any atom is -0.447 e. The normalized spacial score (nSPS) is 19.0. The summed E-state index contributed by atoms with van der Waals surface area (Å²) in [6.07, 6.45) is 4.80. The van der Waals surface area contributed by atoms with Crippen LogP contribution in [-0.2, 0) is 4.74 Å². The van der Waals surface area contributed by atoms with Crippen LogP contribution < -0.4 is 16.8 Å². The first kappa shape index (κ1) is 21.0. The highest BCUT2D eigenvalue weighted by Gasteiger charge is 2.26. The summed E-state index contributed by atoms with van der Waals surface area (Å²) in [5, 5.41) is 3.92. The number of carbonyl (C=O) groups is 1. The summed E-state index contributed by atoms with van der Waals surface area (Å²) in [5.74, 6) is -0.184. The van der Waals surface area contributed by atoms with E-state index in [-0.39, 0.29) is 30.0 Å². The molecular formula is C20H26FN5O2S. The van der Waals surface area contributed by atoms with Crippen molar-refractivity contribution in [3.63, 3.8) is 0 Å². The highest BCUT2D eigenvalue weighted by atomic mass is 32.1. The largest absolute Gasteiger partial charge is 0.447 e. The zero-order valence-electron chi connectivity index (χ0n) is 16.5. The number of hydrogen-bond donors (Lipinski definition) is 3. The molecule has 1 aromatic heterocycles. The fraction of sp³-hybridized carbons (Fsp3) is 0.450. The number of benzene rings is 1. The molecule has 0 saturated heterocycles. The summed E-state index contributed by atoms with van der Waals surface area (Å²) in [5.41, 5.74) is 11.5. The average Bonchev–Trinajstić information content (AvgIpc) is 3.11. The Morgan fingerprint density at radius 3 is 2.66 bits per heavy atom. The number of guanidine groups is 1. The number of hydrogen-bond acceptors (Lipinski definition) is 5. The van der Waals surface area contributed by atoms with Crippen molar-refractivity contribution in [3.8, 4) is 10.4 Å². The Kier molecular flexibility index (Phi) is 6.68. The summed E-state index contributed by atoms with van der Waals surface area (Å²) in [4.78, 5) is 20.9. The van der Waals surface area contributed by atoms with Crippen LogP contribution >= 0.6 is 11.3 Å². The number of nitrogens with one attached hydrogen (secondary N) is 1. The van der Waals surface area contributed by atoms with Gasteiger partial charge in [-0.1, -0.05) is 0 Å². The maximum Gasteiger partial charge on any atom is 0.407 e. The van der Waals surface area contributed by atoms with Gasteiger partial charge < -0.3 is 21.5 Å². The van der Waals surface area contributed by atoms with Crippen LogP contribution in [0.25, 0.3) is 10.4 Å². The fourth-order valence-corrected chi connectivity index (χ4v) is 4.54. The second-order valence-corrected chi connectivity index (χ2v) is 8.47. The van der Waals surface area contributed by atoms with E-state index in [9.17, 15) is 9.18 Å². The minimum absolute atomic E-state index is 0.111. The molecule has 0 atom stereocenters. The lowest BCUT2D eigenvalue weighted by Gasteiger charge is -2.28. The number of nitrogens with zero attached hydrogens (tertiary/aromatic N) is 2. The van der Waals surface area contributed by atoms with Crippen molar-refractivity contribution >= 4 is 29.1 Å². The first-order chi connectivity index (χ1) is 13.8. The van der Waals surface area contributed by atoms with Crippen molar-refractivity contribution in [3.05, 3.63) is 35.2 Å². The van der Waals surface area contributed by atoms with Crippen LogP contribution in [0.15, 0.2) is 29.4 Å². The first-order valence-corrected chi connectivity index (χ1v) is 10.5. The Morgan fingerprint density at radius 2 is 2.03 bits per heavy atom. The molecule has 1 aromatic carbocycles. The third-order valence-electron chi connectivity index (χ3n) is 4.74. The van der Waals surface area contributed by atoms with E-state index in [0.717, 1.165) is 35.6 Å². The van der Waals surface area contributed by atoms with Crippen LogP contribution in [0, 0.1) is 5.82 Å². The number of amides is 1. The van der Waals surface area contributed by atoms with Gasteiger partial charge in [0, 0.05) is 29.8 Å². The van der Waals surface area contributed by atoms with Gasteiger partial charge in [0.15, 0.2) is 5.96 Å². The Balaban J connectivity index is 1.61. The quantitative estimate of drug-likeness (QED) is 0.500. The lowest BCUT2D eigenvalue weighted by molar-refractivity contribution is 0.109. The number of nitrogens with two attached hydrogens (primary N) is 2. The molecule has 3 rings (SSSR count). The SMILES string of the molecule is CC(C)OC(=O)NC1CCC(c2ncc(-c3ccc(N=C(N)N)cc3F)s2)CC1. The number of aliphatic imine (C=N–C) groups is 1. The third kappa shape index (κ3) is 5.66. The van der Waals surface area contributed by atoms with Crippen LogP contribution in [0.2, 0.25) is 0 Å². The van der Waals surface area contributed by atoms with Crippen molar-refractivity contribution in [2.24, 2.45) is 16.5 Å². The lowest BCUT2D eigenvalue weighted by Crippen LogP contribution is -2.38. The predicted molar refractivity (Wildman–Crippen MR) is 113 cm³/mol. The zero-order chi connectivity index (χ0) is 21.0. The standard InChI is InChI=1S/C20H26FN5O2S/c1-11(2)28-20(27)26-13-5-3-12(4-6-13)18-24-10-17(29-18)15-8-7-14(9-16(15)21)25-19(22)23/h7-13H,3-6H2,1-2H3,(H,26,27)(H4,22,23,25). The van der Waals surface area contributed by atoms with Crippen LogP contribution in [0.5, 0.6) is 0 Å². The molecule has 7 nitrogen and oxygen atoms in total. The van der Waals surface area contributed by atoms with Gasteiger partial charge in [-0.2, -0.15) is 0 Å². The van der Waals surface area contributed by atoms with Gasteiger partial charge in [0.1, 0.15) is 5.82 Å². The molecule has 5 N–H and O–H groups in total. The van der Waals surface area contributed by atoms with Crippen LogP contribution in [0.3, 0.4) is 0 Å². The molecule has 1 amide bonds. The van der Waals surface area contributed by atoms with Crippen molar-refractivity contribution in [1.29, 1.82) is 0 Å². The number of thiazole rings is 1. The number of aromatic nitrogens is 1.